The van der Waals surface area contributed by atoms with Gasteiger partial charge in [-0.25, -0.2) is 0 Å². The Morgan fingerprint density at radius 3 is 2.72 bits per heavy atom. The number of carbonyl (C=O) groups is 1. The minimum Gasteiger partial charge on any atom is -0.490 e. The number of benzene rings is 2. The third kappa shape index (κ3) is 6.82. The summed E-state index contributed by atoms with van der Waals surface area (Å²) in [7, 11) is 0. The van der Waals surface area contributed by atoms with E-state index in [9.17, 15) is 9.90 Å². The van der Waals surface area contributed by atoms with Crippen LogP contribution in [-0.2, 0) is 11.3 Å². The average Bonchev–Trinajstić information content (AvgIpc) is 3.21. The maximum Gasteiger partial charge on any atom is 0.163 e. The van der Waals surface area contributed by atoms with Crippen molar-refractivity contribution in [3.05, 3.63) is 64.7 Å². The zero-order valence-corrected chi connectivity index (χ0v) is 17.5. The summed E-state index contributed by atoms with van der Waals surface area (Å²) in [5, 5.41) is 11.3. The van der Waals surface area contributed by atoms with Crippen LogP contribution in [0.5, 0.6) is 5.75 Å². The Hall–Kier alpha value is -1.92. The smallest absolute Gasteiger partial charge is 0.163 e. The molecule has 5 nitrogen and oxygen atoms in total. The highest BCUT2D eigenvalue weighted by Gasteiger charge is 2.22. The normalized spacial score (nSPS) is 17.4. The van der Waals surface area contributed by atoms with Gasteiger partial charge in [0.1, 0.15) is 18.5 Å². The molecule has 0 radical (unpaired) electrons. The van der Waals surface area contributed by atoms with Crippen LogP contribution in [0.25, 0.3) is 0 Å². The SMILES string of the molecule is CC(=O)c1ccccc1OCC(O)CN(Cc1ccc(Cl)cc1)CC1CCCO1. The second-order valence-electron chi connectivity index (χ2n) is 7.47. The number of para-hydroxylation sites is 1. The number of ketones is 1. The minimum absolute atomic E-state index is 0.0576. The van der Waals surface area contributed by atoms with Crippen molar-refractivity contribution in [2.24, 2.45) is 0 Å². The van der Waals surface area contributed by atoms with Gasteiger partial charge < -0.3 is 14.6 Å². The highest BCUT2D eigenvalue weighted by atomic mass is 35.5. The lowest BCUT2D eigenvalue weighted by atomic mass is 10.1. The van der Waals surface area contributed by atoms with Gasteiger partial charge >= 0.3 is 0 Å². The van der Waals surface area contributed by atoms with Crippen molar-refractivity contribution in [3.63, 3.8) is 0 Å². The van der Waals surface area contributed by atoms with Crippen LogP contribution < -0.4 is 4.74 Å². The second-order valence-corrected chi connectivity index (χ2v) is 7.91. The second kappa shape index (κ2) is 10.7. The van der Waals surface area contributed by atoms with Crippen molar-refractivity contribution in [2.45, 2.75) is 38.5 Å². The standard InChI is InChI=1S/C23H28ClNO4/c1-17(26)22-6-2-3-7-23(22)29-16-20(27)14-25(15-21-5-4-12-28-21)13-18-8-10-19(24)11-9-18/h2-3,6-11,20-21,27H,4-5,12-16H2,1H3. The number of hydrogen-bond donors (Lipinski definition) is 1. The minimum atomic E-state index is -0.691. The molecule has 0 bridgehead atoms. The predicted molar refractivity (Wildman–Crippen MR) is 114 cm³/mol. The predicted octanol–water partition coefficient (Wildman–Crippen LogP) is 3.96. The summed E-state index contributed by atoms with van der Waals surface area (Å²) in [4.78, 5) is 13.9. The number of aliphatic hydroxyl groups is 1. The molecular formula is C23H28ClNO4. The van der Waals surface area contributed by atoms with E-state index in [1.54, 1.807) is 18.2 Å². The van der Waals surface area contributed by atoms with Gasteiger partial charge in [-0.2, -0.15) is 0 Å². The van der Waals surface area contributed by atoms with Gasteiger partial charge in [-0.05, 0) is 49.6 Å². The van der Waals surface area contributed by atoms with Crippen LogP contribution in [0, 0.1) is 0 Å². The molecule has 1 heterocycles. The first kappa shape index (κ1) is 21.8. The van der Waals surface area contributed by atoms with E-state index in [0.717, 1.165) is 31.6 Å². The molecule has 1 N–H and O–H groups in total. The van der Waals surface area contributed by atoms with Crippen LogP contribution in [0.1, 0.15) is 35.7 Å². The molecule has 0 saturated carbocycles. The fourth-order valence-corrected chi connectivity index (χ4v) is 3.67. The van der Waals surface area contributed by atoms with Crippen LogP contribution in [0.3, 0.4) is 0 Å². The number of rotatable bonds is 10. The lowest BCUT2D eigenvalue weighted by molar-refractivity contribution is 0.0312. The Labute approximate surface area is 177 Å². The van der Waals surface area contributed by atoms with E-state index in [1.807, 2.05) is 30.3 Å². The fourth-order valence-electron chi connectivity index (χ4n) is 3.55. The van der Waals surface area contributed by atoms with Crippen molar-refractivity contribution < 1.29 is 19.4 Å². The maximum atomic E-state index is 11.7. The quantitative estimate of drug-likeness (QED) is 0.593. The zero-order valence-electron chi connectivity index (χ0n) is 16.7. The molecule has 0 aromatic heterocycles. The Kier molecular flexibility index (Phi) is 8.07. The number of hydrogen-bond acceptors (Lipinski definition) is 5. The summed E-state index contributed by atoms with van der Waals surface area (Å²) >= 11 is 5.99. The molecule has 29 heavy (non-hydrogen) atoms. The number of ether oxygens (including phenoxy) is 2. The highest BCUT2D eigenvalue weighted by molar-refractivity contribution is 6.30. The molecule has 1 saturated heterocycles. The Morgan fingerprint density at radius 2 is 2.03 bits per heavy atom. The van der Waals surface area contributed by atoms with E-state index < -0.39 is 6.10 Å². The van der Waals surface area contributed by atoms with Gasteiger partial charge in [0.05, 0.1) is 11.7 Å². The van der Waals surface area contributed by atoms with E-state index >= 15 is 0 Å². The Balaban J connectivity index is 1.60. The Morgan fingerprint density at radius 1 is 1.28 bits per heavy atom. The van der Waals surface area contributed by atoms with E-state index in [1.165, 1.54) is 6.92 Å². The maximum absolute atomic E-state index is 11.7. The van der Waals surface area contributed by atoms with E-state index in [-0.39, 0.29) is 18.5 Å². The molecule has 156 valence electrons. The molecule has 6 heteroatoms. The van der Waals surface area contributed by atoms with Gasteiger partial charge in [-0.15, -0.1) is 0 Å². The first-order valence-electron chi connectivity index (χ1n) is 10.0. The van der Waals surface area contributed by atoms with Crippen molar-refractivity contribution in [3.8, 4) is 5.75 Å². The number of halogens is 1. The summed E-state index contributed by atoms with van der Waals surface area (Å²) in [6.45, 7) is 4.32. The first-order chi connectivity index (χ1) is 14.0. The Bertz CT molecular complexity index is 790. The summed E-state index contributed by atoms with van der Waals surface area (Å²) in [6.07, 6.45) is 1.61. The summed E-state index contributed by atoms with van der Waals surface area (Å²) in [6, 6.07) is 14.8. The van der Waals surface area contributed by atoms with Crippen LogP contribution in [-0.4, -0.2) is 54.3 Å². The number of nitrogens with zero attached hydrogens (tertiary/aromatic N) is 1. The van der Waals surface area contributed by atoms with Crippen molar-refractivity contribution in [1.29, 1.82) is 0 Å². The lowest BCUT2D eigenvalue weighted by Crippen LogP contribution is -2.39. The fraction of sp³-hybridized carbons (Fsp3) is 0.435. The molecule has 0 aliphatic carbocycles. The molecule has 3 rings (SSSR count). The first-order valence-corrected chi connectivity index (χ1v) is 10.4. The van der Waals surface area contributed by atoms with Crippen molar-refractivity contribution in [1.82, 2.24) is 4.90 Å². The topological polar surface area (TPSA) is 59.0 Å². The summed E-state index contributed by atoms with van der Waals surface area (Å²) in [5.41, 5.74) is 1.65. The molecule has 2 aromatic rings. The van der Waals surface area contributed by atoms with E-state index in [2.05, 4.69) is 4.90 Å². The molecule has 0 spiro atoms. The van der Waals surface area contributed by atoms with Crippen LogP contribution in [0.4, 0.5) is 0 Å². The molecule has 2 aromatic carbocycles. The van der Waals surface area contributed by atoms with Gasteiger partial charge in [-0.3, -0.25) is 9.69 Å². The van der Waals surface area contributed by atoms with Crippen molar-refractivity contribution in [2.75, 3.05) is 26.3 Å². The van der Waals surface area contributed by atoms with Gasteiger partial charge in [0.15, 0.2) is 5.78 Å². The zero-order chi connectivity index (χ0) is 20.6. The summed E-state index contributed by atoms with van der Waals surface area (Å²) in [5.74, 6) is 0.445. The van der Waals surface area contributed by atoms with Crippen LogP contribution in [0.2, 0.25) is 5.02 Å². The van der Waals surface area contributed by atoms with Gasteiger partial charge in [0, 0.05) is 31.3 Å². The van der Waals surface area contributed by atoms with Gasteiger partial charge in [0.2, 0.25) is 0 Å². The molecule has 1 aliphatic heterocycles. The molecule has 0 amide bonds. The van der Waals surface area contributed by atoms with Gasteiger partial charge in [-0.1, -0.05) is 35.9 Å². The van der Waals surface area contributed by atoms with Crippen molar-refractivity contribution >= 4 is 17.4 Å². The van der Waals surface area contributed by atoms with Crippen LogP contribution >= 0.6 is 11.6 Å². The van der Waals surface area contributed by atoms with E-state index in [4.69, 9.17) is 21.1 Å². The van der Waals surface area contributed by atoms with Gasteiger partial charge in [0.25, 0.3) is 0 Å². The number of carbonyl (C=O) groups excluding carboxylic acids is 1. The van der Waals surface area contributed by atoms with Crippen LogP contribution in [0.15, 0.2) is 48.5 Å². The largest absolute Gasteiger partial charge is 0.490 e. The third-order valence-corrected chi connectivity index (χ3v) is 5.22. The number of aliphatic hydroxyl groups excluding tert-OH is 1. The van der Waals surface area contributed by atoms with E-state index in [0.29, 0.717) is 29.4 Å². The number of Topliss-reactive ketones (excluding diaryl/α,β-unsaturated/α-hetero) is 1. The lowest BCUT2D eigenvalue weighted by Gasteiger charge is -2.27. The summed E-state index contributed by atoms with van der Waals surface area (Å²) < 4.78 is 11.5. The molecule has 2 unspecified atom stereocenters. The molecule has 1 aliphatic rings. The average molecular weight is 418 g/mol. The molecular weight excluding hydrogens is 390 g/mol. The monoisotopic (exact) mass is 417 g/mol. The highest BCUT2D eigenvalue weighted by Crippen LogP contribution is 2.20. The third-order valence-electron chi connectivity index (χ3n) is 4.97. The molecule has 2 atom stereocenters. The molecule has 1 fully saturated rings.